The first-order chi connectivity index (χ1) is 6.89. The molecule has 0 aliphatic rings. The fourth-order valence-corrected chi connectivity index (χ4v) is 0.839. The van der Waals surface area contributed by atoms with Crippen LogP contribution in [-0.2, 0) is 11.0 Å². The van der Waals surface area contributed by atoms with Crippen molar-refractivity contribution in [2.24, 2.45) is 0 Å². The molecule has 1 aromatic heterocycles. The molecular weight excluding hydrogens is 211 g/mol. The van der Waals surface area contributed by atoms with Crippen molar-refractivity contribution >= 4 is 12.0 Å². The Hall–Kier alpha value is -1.85. The van der Waals surface area contributed by atoms with Gasteiger partial charge in [0.25, 0.3) is 0 Å². The maximum Gasteiger partial charge on any atom is 0.433 e. The Morgan fingerprint density at radius 1 is 1.40 bits per heavy atom. The summed E-state index contributed by atoms with van der Waals surface area (Å²) in [5.74, 6) is -1.17. The second-order valence-electron chi connectivity index (χ2n) is 2.65. The predicted molar refractivity (Wildman–Crippen MR) is 45.9 cm³/mol. The largest absolute Gasteiger partial charge is 0.478 e. The van der Waals surface area contributed by atoms with Crippen molar-refractivity contribution < 1.29 is 23.1 Å². The van der Waals surface area contributed by atoms with Gasteiger partial charge in [0.05, 0.1) is 0 Å². The van der Waals surface area contributed by atoms with Gasteiger partial charge in [-0.05, 0) is 17.7 Å². The Balaban J connectivity index is 2.86. The van der Waals surface area contributed by atoms with Crippen LogP contribution in [0.2, 0.25) is 0 Å². The van der Waals surface area contributed by atoms with Gasteiger partial charge in [-0.15, -0.1) is 0 Å². The van der Waals surface area contributed by atoms with Crippen molar-refractivity contribution in [3.05, 3.63) is 35.7 Å². The molecule has 0 atom stereocenters. The minimum absolute atomic E-state index is 0.297. The van der Waals surface area contributed by atoms with Crippen molar-refractivity contribution in [3.63, 3.8) is 0 Å². The molecule has 0 aromatic carbocycles. The average Bonchev–Trinajstić information content (AvgIpc) is 2.14. The van der Waals surface area contributed by atoms with E-state index in [0.717, 1.165) is 30.5 Å². The number of aromatic nitrogens is 1. The van der Waals surface area contributed by atoms with Gasteiger partial charge in [-0.1, -0.05) is 6.07 Å². The van der Waals surface area contributed by atoms with Gasteiger partial charge in [0, 0.05) is 12.3 Å². The minimum Gasteiger partial charge on any atom is -0.478 e. The molecule has 0 unspecified atom stereocenters. The van der Waals surface area contributed by atoms with E-state index in [1.807, 2.05) is 0 Å². The summed E-state index contributed by atoms with van der Waals surface area (Å²) in [7, 11) is 0. The Kier molecular flexibility index (Phi) is 3.08. The van der Waals surface area contributed by atoms with E-state index in [2.05, 4.69) is 4.98 Å². The van der Waals surface area contributed by atoms with E-state index in [4.69, 9.17) is 5.11 Å². The molecular formula is C9H6F3NO2. The van der Waals surface area contributed by atoms with E-state index in [0.29, 0.717) is 5.56 Å². The topological polar surface area (TPSA) is 50.2 Å². The van der Waals surface area contributed by atoms with E-state index in [1.165, 1.54) is 0 Å². The van der Waals surface area contributed by atoms with Crippen LogP contribution < -0.4 is 0 Å². The summed E-state index contributed by atoms with van der Waals surface area (Å²) in [6, 6.07) is 1.94. The maximum atomic E-state index is 12.1. The van der Waals surface area contributed by atoms with E-state index in [-0.39, 0.29) is 0 Å². The van der Waals surface area contributed by atoms with E-state index in [9.17, 15) is 18.0 Å². The van der Waals surface area contributed by atoms with Crippen LogP contribution >= 0.6 is 0 Å². The molecule has 3 nitrogen and oxygen atoms in total. The number of hydrogen-bond acceptors (Lipinski definition) is 2. The standard InChI is InChI=1S/C9H6F3NO2/c10-9(11,12)7-3-1-6(5-13-7)2-4-8(14)15/h1-5H,(H,14,15)/b4-2-. The number of aliphatic carboxylic acids is 1. The summed E-state index contributed by atoms with van der Waals surface area (Å²) >= 11 is 0. The molecule has 0 bridgehead atoms. The van der Waals surface area contributed by atoms with Gasteiger partial charge in [-0.3, -0.25) is 4.98 Å². The van der Waals surface area contributed by atoms with Gasteiger partial charge in [-0.2, -0.15) is 13.2 Å². The number of alkyl halides is 3. The average molecular weight is 217 g/mol. The summed E-state index contributed by atoms with van der Waals surface area (Å²) in [5.41, 5.74) is -0.708. The molecule has 15 heavy (non-hydrogen) atoms. The van der Waals surface area contributed by atoms with Crippen molar-refractivity contribution in [2.75, 3.05) is 0 Å². The number of halogens is 3. The fraction of sp³-hybridized carbons (Fsp3) is 0.111. The molecule has 1 rings (SSSR count). The molecule has 80 valence electrons. The zero-order chi connectivity index (χ0) is 11.5. The van der Waals surface area contributed by atoms with Crippen LogP contribution in [-0.4, -0.2) is 16.1 Å². The number of carbonyl (C=O) groups is 1. The van der Waals surface area contributed by atoms with Gasteiger partial charge in [0.1, 0.15) is 5.69 Å². The van der Waals surface area contributed by atoms with Crippen molar-refractivity contribution in [2.45, 2.75) is 6.18 Å². The molecule has 0 spiro atoms. The smallest absolute Gasteiger partial charge is 0.433 e. The third-order valence-corrected chi connectivity index (χ3v) is 1.50. The zero-order valence-electron chi connectivity index (χ0n) is 7.32. The third-order valence-electron chi connectivity index (χ3n) is 1.50. The third kappa shape index (κ3) is 3.41. The second-order valence-corrected chi connectivity index (χ2v) is 2.65. The molecule has 0 saturated carbocycles. The van der Waals surface area contributed by atoms with E-state index < -0.39 is 17.8 Å². The SMILES string of the molecule is O=C(O)/C=C\c1ccc(C(F)(F)F)nc1. The van der Waals surface area contributed by atoms with E-state index in [1.54, 1.807) is 0 Å². The Labute approximate surface area is 82.9 Å². The zero-order valence-corrected chi connectivity index (χ0v) is 7.32. The van der Waals surface area contributed by atoms with Crippen LogP contribution in [0.5, 0.6) is 0 Å². The van der Waals surface area contributed by atoms with Crippen LogP contribution in [0.25, 0.3) is 6.08 Å². The first kappa shape index (κ1) is 11.2. The van der Waals surface area contributed by atoms with Gasteiger partial charge in [0.15, 0.2) is 0 Å². The van der Waals surface area contributed by atoms with Gasteiger partial charge in [0.2, 0.25) is 0 Å². The molecule has 0 aliphatic heterocycles. The number of nitrogens with zero attached hydrogens (tertiary/aromatic N) is 1. The number of pyridine rings is 1. The fourth-order valence-electron chi connectivity index (χ4n) is 0.839. The van der Waals surface area contributed by atoms with Crippen LogP contribution in [0.4, 0.5) is 13.2 Å². The van der Waals surface area contributed by atoms with Crippen molar-refractivity contribution in [1.82, 2.24) is 4.98 Å². The predicted octanol–water partition coefficient (Wildman–Crippen LogP) is 2.20. The number of carboxylic acid groups (broad SMARTS) is 1. The Morgan fingerprint density at radius 3 is 2.47 bits per heavy atom. The highest BCUT2D eigenvalue weighted by Crippen LogP contribution is 2.27. The van der Waals surface area contributed by atoms with Crippen LogP contribution in [0.3, 0.4) is 0 Å². The second kappa shape index (κ2) is 4.12. The highest BCUT2D eigenvalue weighted by Gasteiger charge is 2.31. The molecule has 1 aromatic rings. The lowest BCUT2D eigenvalue weighted by Gasteiger charge is -2.04. The molecule has 0 aliphatic carbocycles. The summed E-state index contributed by atoms with van der Waals surface area (Å²) in [6.45, 7) is 0. The molecule has 0 amide bonds. The van der Waals surface area contributed by atoms with Gasteiger partial charge in [-0.25, -0.2) is 4.79 Å². The number of rotatable bonds is 2. The first-order valence-electron chi connectivity index (χ1n) is 3.84. The van der Waals surface area contributed by atoms with Gasteiger partial charge >= 0.3 is 12.1 Å². The summed E-state index contributed by atoms with van der Waals surface area (Å²) in [5, 5.41) is 8.27. The van der Waals surface area contributed by atoms with Gasteiger partial charge < -0.3 is 5.11 Å². The maximum absolute atomic E-state index is 12.1. The first-order valence-corrected chi connectivity index (χ1v) is 3.84. The summed E-state index contributed by atoms with van der Waals surface area (Å²) in [4.78, 5) is 13.3. The van der Waals surface area contributed by atoms with Crippen LogP contribution in [0.15, 0.2) is 24.4 Å². The highest BCUT2D eigenvalue weighted by molar-refractivity contribution is 5.85. The summed E-state index contributed by atoms with van der Waals surface area (Å²) in [6.07, 6.45) is -1.53. The van der Waals surface area contributed by atoms with Crippen LogP contribution in [0.1, 0.15) is 11.3 Å². The highest BCUT2D eigenvalue weighted by atomic mass is 19.4. The Bertz CT molecular complexity index is 381. The van der Waals surface area contributed by atoms with E-state index >= 15 is 0 Å². The monoisotopic (exact) mass is 217 g/mol. The lowest BCUT2D eigenvalue weighted by Crippen LogP contribution is -2.07. The quantitative estimate of drug-likeness (QED) is 0.772. The summed E-state index contributed by atoms with van der Waals surface area (Å²) < 4.78 is 36.2. The number of hydrogen-bond donors (Lipinski definition) is 1. The number of carboxylic acids is 1. The molecule has 1 N–H and O–H groups in total. The van der Waals surface area contributed by atoms with Crippen LogP contribution in [0, 0.1) is 0 Å². The van der Waals surface area contributed by atoms with Crippen molar-refractivity contribution in [3.8, 4) is 0 Å². The molecule has 0 saturated heterocycles. The Morgan fingerprint density at radius 2 is 2.07 bits per heavy atom. The normalized spacial score (nSPS) is 11.9. The molecule has 0 radical (unpaired) electrons. The lowest BCUT2D eigenvalue weighted by atomic mass is 10.2. The minimum atomic E-state index is -4.48. The molecule has 6 heteroatoms. The molecule has 0 fully saturated rings. The van der Waals surface area contributed by atoms with Crippen molar-refractivity contribution in [1.29, 1.82) is 0 Å². The molecule has 1 heterocycles. The lowest BCUT2D eigenvalue weighted by molar-refractivity contribution is -0.141.